The number of benzene rings is 1. The number of anilines is 1. The number of nitrogens with one attached hydrogen (secondary N) is 1. The molecule has 0 bridgehead atoms. The average molecular weight is 477 g/mol. The van der Waals surface area contributed by atoms with E-state index < -0.39 is 0 Å². The summed E-state index contributed by atoms with van der Waals surface area (Å²) in [4.78, 5) is 66.2. The van der Waals surface area contributed by atoms with Gasteiger partial charge in [0.05, 0.1) is 29.6 Å². The molecule has 4 heterocycles. The summed E-state index contributed by atoms with van der Waals surface area (Å²) in [6.07, 6.45) is 5.54. The van der Waals surface area contributed by atoms with Gasteiger partial charge in [-0.15, -0.1) is 0 Å². The van der Waals surface area contributed by atoms with Crippen molar-refractivity contribution in [1.29, 1.82) is 0 Å². The van der Waals surface area contributed by atoms with Crippen LogP contribution in [0.15, 0.2) is 42.9 Å². The van der Waals surface area contributed by atoms with E-state index in [0.717, 1.165) is 10.6 Å². The molecule has 3 aromatic rings. The lowest BCUT2D eigenvalue weighted by molar-refractivity contribution is -0.132. The lowest BCUT2D eigenvalue weighted by Crippen LogP contribution is -2.36. The van der Waals surface area contributed by atoms with Gasteiger partial charge in [-0.2, -0.15) is 0 Å². The molecule has 172 valence electrons. The van der Waals surface area contributed by atoms with Crippen molar-refractivity contribution in [1.82, 2.24) is 24.8 Å². The maximum Gasteiger partial charge on any atom is 0.277 e. The van der Waals surface area contributed by atoms with Gasteiger partial charge in [0, 0.05) is 43.2 Å². The van der Waals surface area contributed by atoms with Crippen molar-refractivity contribution >= 4 is 40.1 Å². The molecule has 34 heavy (non-hydrogen) atoms. The van der Waals surface area contributed by atoms with E-state index in [9.17, 15) is 19.2 Å². The van der Waals surface area contributed by atoms with Crippen molar-refractivity contribution in [2.45, 2.75) is 25.8 Å². The standard InChI is InChI=1S/C23H20N6O4S/c30-19(6-3-10-29-21(32)14-4-1-2-5-15(14)22(29)33)28-11-7-16-18(13-28)34-23(26-16)27-20(31)17-12-24-8-9-25-17/h1-2,4-5,8-9,12H,3,6-7,10-11,13H2,(H,26,27,31). The first kappa shape index (κ1) is 21.8. The van der Waals surface area contributed by atoms with Gasteiger partial charge in [0.2, 0.25) is 5.91 Å². The van der Waals surface area contributed by atoms with E-state index in [1.165, 1.54) is 34.8 Å². The molecule has 0 saturated carbocycles. The fourth-order valence-electron chi connectivity index (χ4n) is 4.03. The Bertz CT molecular complexity index is 1260. The van der Waals surface area contributed by atoms with Gasteiger partial charge in [-0.3, -0.25) is 34.4 Å². The Balaban J connectivity index is 1.14. The minimum atomic E-state index is -0.389. The molecule has 11 heteroatoms. The predicted molar refractivity (Wildman–Crippen MR) is 122 cm³/mol. The fourth-order valence-corrected chi connectivity index (χ4v) is 5.05. The number of hydrogen-bond acceptors (Lipinski definition) is 8. The van der Waals surface area contributed by atoms with E-state index in [1.54, 1.807) is 29.2 Å². The first-order chi connectivity index (χ1) is 16.5. The van der Waals surface area contributed by atoms with Crippen LogP contribution in [0.3, 0.4) is 0 Å². The smallest absolute Gasteiger partial charge is 0.277 e. The topological polar surface area (TPSA) is 125 Å². The highest BCUT2D eigenvalue weighted by atomic mass is 32.1. The molecule has 2 aromatic heterocycles. The van der Waals surface area contributed by atoms with Crippen LogP contribution in [0.1, 0.15) is 54.6 Å². The summed E-state index contributed by atoms with van der Waals surface area (Å²) in [5, 5.41) is 3.19. The van der Waals surface area contributed by atoms with Gasteiger partial charge in [0.1, 0.15) is 5.69 Å². The number of imide groups is 1. The van der Waals surface area contributed by atoms with Crippen LogP contribution < -0.4 is 5.32 Å². The van der Waals surface area contributed by atoms with Gasteiger partial charge >= 0.3 is 0 Å². The molecule has 2 aliphatic rings. The molecule has 0 fully saturated rings. The molecule has 1 N–H and O–H groups in total. The third-order valence-corrected chi connectivity index (χ3v) is 6.75. The second kappa shape index (κ2) is 9.10. The summed E-state index contributed by atoms with van der Waals surface area (Å²) < 4.78 is 0. The quantitative estimate of drug-likeness (QED) is 0.540. The molecule has 0 atom stereocenters. The number of thiazole rings is 1. The van der Waals surface area contributed by atoms with Gasteiger partial charge < -0.3 is 4.90 Å². The number of nitrogens with zero attached hydrogens (tertiary/aromatic N) is 5. The molecule has 4 amide bonds. The Morgan fingerprint density at radius 1 is 1.09 bits per heavy atom. The number of rotatable bonds is 6. The van der Waals surface area contributed by atoms with E-state index in [-0.39, 0.29) is 42.3 Å². The van der Waals surface area contributed by atoms with Crippen LogP contribution in [-0.2, 0) is 17.8 Å². The second-order valence-electron chi connectivity index (χ2n) is 7.91. The van der Waals surface area contributed by atoms with Crippen molar-refractivity contribution in [2.75, 3.05) is 18.4 Å². The number of carbonyl (C=O) groups excluding carboxylic acids is 4. The SMILES string of the molecule is O=C(Nc1nc2c(s1)CN(C(=O)CCCN1C(=O)c3ccccc3C1=O)CC2)c1cnccn1. The third kappa shape index (κ3) is 4.17. The number of amides is 4. The summed E-state index contributed by atoms with van der Waals surface area (Å²) in [7, 11) is 0. The molecular formula is C23H20N6O4S. The van der Waals surface area contributed by atoms with Crippen molar-refractivity contribution in [3.05, 3.63) is 70.2 Å². The predicted octanol–water partition coefficient (Wildman–Crippen LogP) is 2.15. The van der Waals surface area contributed by atoms with Gasteiger partial charge in [-0.25, -0.2) is 9.97 Å². The van der Waals surface area contributed by atoms with Crippen LogP contribution in [0.25, 0.3) is 0 Å². The van der Waals surface area contributed by atoms with E-state index in [0.29, 0.717) is 42.2 Å². The summed E-state index contributed by atoms with van der Waals surface area (Å²) in [6, 6.07) is 6.75. The fraction of sp³-hybridized carbons (Fsp3) is 0.261. The number of aromatic nitrogens is 3. The van der Waals surface area contributed by atoms with Crippen molar-refractivity contribution in [3.8, 4) is 0 Å². The molecule has 2 aliphatic heterocycles. The number of carbonyl (C=O) groups is 4. The molecule has 0 unspecified atom stereocenters. The summed E-state index contributed by atoms with van der Waals surface area (Å²) in [6.45, 7) is 1.15. The monoisotopic (exact) mass is 476 g/mol. The molecule has 10 nitrogen and oxygen atoms in total. The molecular weight excluding hydrogens is 456 g/mol. The van der Waals surface area contributed by atoms with Crippen LogP contribution in [0.2, 0.25) is 0 Å². The van der Waals surface area contributed by atoms with Crippen LogP contribution >= 0.6 is 11.3 Å². The summed E-state index contributed by atoms with van der Waals surface area (Å²) >= 11 is 1.33. The minimum absolute atomic E-state index is 0.0409. The molecule has 0 radical (unpaired) electrons. The Morgan fingerprint density at radius 3 is 2.56 bits per heavy atom. The Labute approximate surface area is 198 Å². The summed E-state index contributed by atoms with van der Waals surface area (Å²) in [5.74, 6) is -1.05. The highest BCUT2D eigenvalue weighted by Gasteiger charge is 2.34. The van der Waals surface area contributed by atoms with Crippen LogP contribution in [0.5, 0.6) is 0 Å². The number of fused-ring (bicyclic) bond motifs is 2. The van der Waals surface area contributed by atoms with Gasteiger partial charge in [0.15, 0.2) is 5.13 Å². The highest BCUT2D eigenvalue weighted by molar-refractivity contribution is 7.15. The lowest BCUT2D eigenvalue weighted by Gasteiger charge is -2.26. The zero-order valence-electron chi connectivity index (χ0n) is 18.1. The van der Waals surface area contributed by atoms with E-state index >= 15 is 0 Å². The minimum Gasteiger partial charge on any atom is -0.337 e. The van der Waals surface area contributed by atoms with Crippen LogP contribution in [0.4, 0.5) is 5.13 Å². The van der Waals surface area contributed by atoms with Gasteiger partial charge in [0.25, 0.3) is 17.7 Å². The van der Waals surface area contributed by atoms with E-state index in [1.807, 2.05) is 0 Å². The van der Waals surface area contributed by atoms with Crippen molar-refractivity contribution in [3.63, 3.8) is 0 Å². The van der Waals surface area contributed by atoms with Crippen LogP contribution in [0, 0.1) is 0 Å². The first-order valence-corrected chi connectivity index (χ1v) is 11.6. The molecule has 0 spiro atoms. The Kier molecular flexibility index (Phi) is 5.84. The molecule has 0 saturated heterocycles. The van der Waals surface area contributed by atoms with E-state index in [2.05, 4.69) is 20.3 Å². The second-order valence-corrected chi connectivity index (χ2v) is 8.99. The third-order valence-electron chi connectivity index (χ3n) is 5.75. The zero-order chi connectivity index (χ0) is 23.7. The average Bonchev–Trinajstić information content (AvgIpc) is 3.37. The van der Waals surface area contributed by atoms with Crippen molar-refractivity contribution in [2.24, 2.45) is 0 Å². The maximum absolute atomic E-state index is 12.8. The van der Waals surface area contributed by atoms with Gasteiger partial charge in [-0.05, 0) is 18.6 Å². The Morgan fingerprint density at radius 2 is 1.85 bits per heavy atom. The maximum atomic E-state index is 12.8. The normalized spacial score (nSPS) is 14.7. The zero-order valence-corrected chi connectivity index (χ0v) is 18.9. The summed E-state index contributed by atoms with van der Waals surface area (Å²) in [5.41, 5.74) is 1.89. The molecule has 5 rings (SSSR count). The highest BCUT2D eigenvalue weighted by Crippen LogP contribution is 2.29. The van der Waals surface area contributed by atoms with E-state index in [4.69, 9.17) is 0 Å². The lowest BCUT2D eigenvalue weighted by atomic mass is 10.1. The largest absolute Gasteiger partial charge is 0.337 e. The first-order valence-electron chi connectivity index (χ1n) is 10.8. The molecule has 1 aromatic carbocycles. The van der Waals surface area contributed by atoms with Gasteiger partial charge in [-0.1, -0.05) is 23.5 Å². The molecule has 0 aliphatic carbocycles. The number of hydrogen-bond donors (Lipinski definition) is 1. The van der Waals surface area contributed by atoms with Crippen molar-refractivity contribution < 1.29 is 19.2 Å². The van der Waals surface area contributed by atoms with Crippen LogP contribution in [-0.4, -0.2) is 61.5 Å². The Hall–Kier alpha value is -3.99.